The number of rotatable bonds is 9. The fraction of sp³-hybridized carbons (Fsp3) is 0.217. The van der Waals surface area contributed by atoms with Crippen LogP contribution in [0.5, 0.6) is 0 Å². The number of amides is 1. The minimum atomic E-state index is -0.500. The molecule has 0 radical (unpaired) electrons. The molecule has 2 aromatic carbocycles. The topological polar surface area (TPSA) is 62.8 Å². The molecular formula is C23H25N2O2S+. The molecule has 0 aliphatic carbocycles. The average Bonchev–Trinajstić information content (AvgIpc) is 3.24. The number of thiophene rings is 1. The summed E-state index contributed by atoms with van der Waals surface area (Å²) in [5.74, 6) is -0.163. The van der Waals surface area contributed by atoms with E-state index in [1.807, 2.05) is 65.3 Å². The molecule has 3 rings (SSSR count). The molecule has 0 bridgehead atoms. The lowest BCUT2D eigenvalue weighted by Gasteiger charge is -2.18. The van der Waals surface area contributed by atoms with Crippen molar-refractivity contribution in [1.82, 2.24) is 5.32 Å². The number of nitrogens with two attached hydrogens (primary N) is 1. The Morgan fingerprint density at radius 2 is 1.64 bits per heavy atom. The second kappa shape index (κ2) is 9.97. The Bertz CT molecular complexity index is 879. The zero-order chi connectivity index (χ0) is 19.8. The molecular weight excluding hydrogens is 368 g/mol. The second-order valence-electron chi connectivity index (χ2n) is 6.76. The van der Waals surface area contributed by atoms with Gasteiger partial charge in [0, 0.05) is 5.56 Å². The van der Waals surface area contributed by atoms with E-state index in [1.165, 1.54) is 11.8 Å². The van der Waals surface area contributed by atoms with E-state index in [0.717, 1.165) is 11.1 Å². The number of Topliss-reactive ketones (excluding diaryl/α,β-unsaturated/α-hetero) is 1. The summed E-state index contributed by atoms with van der Waals surface area (Å²) in [6, 6.07) is 23.6. The van der Waals surface area contributed by atoms with Gasteiger partial charge in [-0.1, -0.05) is 66.7 Å². The third kappa shape index (κ3) is 5.62. The largest absolute Gasteiger partial charge is 0.341 e. The van der Waals surface area contributed by atoms with Crippen LogP contribution < -0.4 is 10.6 Å². The van der Waals surface area contributed by atoms with Crippen LogP contribution in [0.4, 0.5) is 0 Å². The number of hydrogen-bond acceptors (Lipinski definition) is 3. The van der Waals surface area contributed by atoms with Crippen LogP contribution in [0.1, 0.15) is 29.0 Å². The first-order valence-corrected chi connectivity index (χ1v) is 10.3. The second-order valence-corrected chi connectivity index (χ2v) is 7.74. The quantitative estimate of drug-likeness (QED) is 0.587. The fourth-order valence-electron chi connectivity index (χ4n) is 3.17. The summed E-state index contributed by atoms with van der Waals surface area (Å²) in [7, 11) is 0. The molecule has 5 heteroatoms. The first kappa shape index (κ1) is 20.0. The highest BCUT2D eigenvalue weighted by Crippen LogP contribution is 2.22. The Morgan fingerprint density at radius 3 is 2.25 bits per heavy atom. The van der Waals surface area contributed by atoms with Crippen molar-refractivity contribution in [3.05, 3.63) is 94.2 Å². The van der Waals surface area contributed by atoms with Crippen molar-refractivity contribution >= 4 is 23.0 Å². The molecule has 3 aromatic rings. The van der Waals surface area contributed by atoms with Crippen LogP contribution in [0.15, 0.2) is 78.2 Å². The minimum absolute atomic E-state index is 0.0323. The van der Waals surface area contributed by atoms with E-state index >= 15 is 0 Å². The molecule has 0 aliphatic rings. The predicted octanol–water partition coefficient (Wildman–Crippen LogP) is 2.72. The Morgan fingerprint density at radius 1 is 0.964 bits per heavy atom. The fourth-order valence-corrected chi connectivity index (χ4v) is 4.02. The van der Waals surface area contributed by atoms with Gasteiger partial charge in [-0.25, -0.2) is 0 Å². The van der Waals surface area contributed by atoms with E-state index in [1.54, 1.807) is 11.3 Å². The van der Waals surface area contributed by atoms with Crippen LogP contribution in [0.3, 0.4) is 0 Å². The van der Waals surface area contributed by atoms with Gasteiger partial charge in [-0.05, 0) is 30.4 Å². The first-order valence-electron chi connectivity index (χ1n) is 9.39. The number of carbonyl (C=O) groups is 2. The van der Waals surface area contributed by atoms with Crippen LogP contribution >= 0.6 is 11.3 Å². The molecule has 1 amide bonds. The first-order chi connectivity index (χ1) is 13.6. The number of benzene rings is 2. The van der Waals surface area contributed by atoms with Gasteiger partial charge in [0.2, 0.25) is 0 Å². The molecule has 2 atom stereocenters. The number of quaternary nitrogens is 1. The third-order valence-corrected chi connectivity index (χ3v) is 5.61. The Kier molecular flexibility index (Phi) is 7.12. The molecule has 0 spiro atoms. The molecule has 3 N–H and O–H groups in total. The molecule has 0 aliphatic heterocycles. The van der Waals surface area contributed by atoms with E-state index in [9.17, 15) is 9.59 Å². The molecule has 144 valence electrons. The molecule has 0 unspecified atom stereocenters. The predicted molar refractivity (Wildman–Crippen MR) is 112 cm³/mol. The minimum Gasteiger partial charge on any atom is -0.341 e. The number of hydrogen-bond donors (Lipinski definition) is 2. The Balaban J connectivity index is 1.63. The molecule has 0 saturated carbocycles. The molecule has 0 saturated heterocycles. The van der Waals surface area contributed by atoms with Crippen molar-refractivity contribution < 1.29 is 14.9 Å². The van der Waals surface area contributed by atoms with Gasteiger partial charge in [-0.3, -0.25) is 9.59 Å². The summed E-state index contributed by atoms with van der Waals surface area (Å²) in [5, 5.41) is 6.97. The summed E-state index contributed by atoms with van der Waals surface area (Å²) >= 11 is 1.68. The van der Waals surface area contributed by atoms with Crippen molar-refractivity contribution in [2.45, 2.75) is 25.4 Å². The van der Waals surface area contributed by atoms with Crippen molar-refractivity contribution in [1.29, 1.82) is 0 Å². The molecule has 1 aromatic heterocycles. The maximum absolute atomic E-state index is 12.6. The monoisotopic (exact) mass is 393 g/mol. The van der Waals surface area contributed by atoms with E-state index in [2.05, 4.69) is 23.5 Å². The molecule has 0 fully saturated rings. The van der Waals surface area contributed by atoms with Crippen molar-refractivity contribution in [3.63, 3.8) is 0 Å². The highest BCUT2D eigenvalue weighted by Gasteiger charge is 2.22. The van der Waals surface area contributed by atoms with E-state index in [0.29, 0.717) is 6.42 Å². The van der Waals surface area contributed by atoms with Crippen molar-refractivity contribution in [2.24, 2.45) is 0 Å². The summed E-state index contributed by atoms with van der Waals surface area (Å²) in [6.45, 7) is 1.78. The van der Waals surface area contributed by atoms with Gasteiger partial charge in [0.1, 0.15) is 6.04 Å². The van der Waals surface area contributed by atoms with Gasteiger partial charge < -0.3 is 10.6 Å². The van der Waals surface area contributed by atoms with Gasteiger partial charge in [0.25, 0.3) is 5.91 Å². The smallest absolute Gasteiger partial charge is 0.275 e. The van der Waals surface area contributed by atoms with Crippen molar-refractivity contribution in [3.8, 4) is 0 Å². The number of nitrogens with one attached hydrogen (secondary N) is 1. The normalized spacial score (nSPS) is 12.9. The molecule has 28 heavy (non-hydrogen) atoms. The molecule has 4 nitrogen and oxygen atoms in total. The van der Waals surface area contributed by atoms with E-state index < -0.39 is 6.04 Å². The van der Waals surface area contributed by atoms with Gasteiger partial charge >= 0.3 is 0 Å². The summed E-state index contributed by atoms with van der Waals surface area (Å²) < 4.78 is 0. The number of carbonyl (C=O) groups excluding carboxylic acids is 2. The lowest BCUT2D eigenvalue weighted by atomic mass is 10.0. The van der Waals surface area contributed by atoms with Crippen LogP contribution in [0.2, 0.25) is 0 Å². The highest BCUT2D eigenvalue weighted by molar-refractivity contribution is 7.10. The maximum Gasteiger partial charge on any atom is 0.275 e. The van der Waals surface area contributed by atoms with Crippen LogP contribution in [0.25, 0.3) is 0 Å². The van der Waals surface area contributed by atoms with Gasteiger partial charge in [-0.2, -0.15) is 0 Å². The third-order valence-electron chi connectivity index (χ3n) is 4.66. The van der Waals surface area contributed by atoms with Gasteiger partial charge in [-0.15, -0.1) is 11.3 Å². The van der Waals surface area contributed by atoms with Gasteiger partial charge in [0.15, 0.2) is 12.3 Å². The Hall–Kier alpha value is -2.76. The van der Waals surface area contributed by atoms with E-state index in [4.69, 9.17) is 0 Å². The van der Waals surface area contributed by atoms with Gasteiger partial charge in [0.05, 0.1) is 10.9 Å². The molecule has 1 heterocycles. The van der Waals surface area contributed by atoms with E-state index in [-0.39, 0.29) is 24.3 Å². The van der Waals surface area contributed by atoms with Crippen molar-refractivity contribution in [2.75, 3.05) is 6.54 Å². The standard InChI is InChI=1S/C23H24N2O2S/c1-17(26)20(15-18-9-4-2-5-10-18)25-22(27)16-24-23(21-13-8-14-28-21)19-11-6-3-7-12-19/h2-14,20,23-24H,15-16H2,1H3,(H,25,27)/p+1/t20-,23+/m0/s1. The average molecular weight is 394 g/mol. The highest BCUT2D eigenvalue weighted by atomic mass is 32.1. The lowest BCUT2D eigenvalue weighted by molar-refractivity contribution is -0.676. The van der Waals surface area contributed by atoms with Crippen LogP contribution in [0, 0.1) is 0 Å². The summed E-state index contributed by atoms with van der Waals surface area (Å²) in [6.07, 6.45) is 0.509. The zero-order valence-electron chi connectivity index (χ0n) is 15.9. The summed E-state index contributed by atoms with van der Waals surface area (Å²) in [5.41, 5.74) is 2.19. The summed E-state index contributed by atoms with van der Waals surface area (Å²) in [4.78, 5) is 25.8. The number of ketones is 1. The maximum atomic E-state index is 12.6. The lowest BCUT2D eigenvalue weighted by Crippen LogP contribution is -2.87. The Labute approximate surface area is 169 Å². The zero-order valence-corrected chi connectivity index (χ0v) is 16.7. The SMILES string of the molecule is CC(=O)[C@H](Cc1ccccc1)NC(=O)C[NH2+][C@H](c1ccccc1)c1cccs1. The van der Waals surface area contributed by atoms with Crippen LogP contribution in [-0.4, -0.2) is 24.3 Å². The van der Waals surface area contributed by atoms with Crippen LogP contribution in [-0.2, 0) is 16.0 Å².